The lowest BCUT2D eigenvalue weighted by Crippen LogP contribution is -2.43. The lowest BCUT2D eigenvalue weighted by atomic mass is 10.2. The van der Waals surface area contributed by atoms with E-state index in [-0.39, 0.29) is 5.95 Å². The fourth-order valence-corrected chi connectivity index (χ4v) is 2.13. The van der Waals surface area contributed by atoms with E-state index in [1.807, 2.05) is 0 Å². The summed E-state index contributed by atoms with van der Waals surface area (Å²) < 4.78 is 4.99. The van der Waals surface area contributed by atoms with Crippen LogP contribution in [0.3, 0.4) is 0 Å². The van der Waals surface area contributed by atoms with Gasteiger partial charge >= 0.3 is 12.0 Å². The maximum absolute atomic E-state index is 12.1. The number of nitrogens with zero attached hydrogens (tertiary/aromatic N) is 3. The number of methoxy groups -OCH3 is 1. The van der Waals surface area contributed by atoms with Gasteiger partial charge in [-0.3, -0.25) is 5.32 Å². The van der Waals surface area contributed by atoms with E-state index in [9.17, 15) is 9.59 Å². The first-order chi connectivity index (χ1) is 9.51. The van der Waals surface area contributed by atoms with E-state index in [4.69, 9.17) is 9.84 Å². The number of carboxylic acids is 1. The predicted octanol–water partition coefficient (Wildman–Crippen LogP) is 0.875. The molecular weight excluding hydrogens is 264 g/mol. The Morgan fingerprint density at radius 1 is 1.50 bits per heavy atom. The Labute approximate surface area is 115 Å². The maximum Gasteiger partial charge on any atom is 0.326 e. The number of hydrogen-bond donors (Lipinski definition) is 2. The first-order valence-electron chi connectivity index (χ1n) is 6.21. The number of carbonyl (C=O) groups excluding carboxylic acids is 1. The number of amides is 2. The standard InChI is InChI=1S/C12H16N4O4/c1-7-6-9(20-2)14-11(13-7)15-12(19)16-5-3-4-8(16)10(17)18/h6,8H,3-5H2,1-2H3,(H,17,18)(H,13,14,15,19). The summed E-state index contributed by atoms with van der Waals surface area (Å²) in [4.78, 5) is 32.5. The minimum Gasteiger partial charge on any atom is -0.481 e. The number of carbonyl (C=O) groups is 2. The van der Waals surface area contributed by atoms with Gasteiger partial charge in [0.15, 0.2) is 0 Å². The van der Waals surface area contributed by atoms with Crippen LogP contribution in [-0.4, -0.2) is 51.7 Å². The molecule has 2 heterocycles. The average Bonchev–Trinajstić information content (AvgIpc) is 2.87. The van der Waals surface area contributed by atoms with E-state index in [2.05, 4.69) is 15.3 Å². The van der Waals surface area contributed by atoms with Crippen LogP contribution >= 0.6 is 0 Å². The van der Waals surface area contributed by atoms with Gasteiger partial charge in [-0.2, -0.15) is 4.98 Å². The SMILES string of the molecule is COc1cc(C)nc(NC(=O)N2CCCC2C(=O)O)n1. The molecule has 1 saturated heterocycles. The minimum atomic E-state index is -1.000. The number of anilines is 1. The van der Waals surface area contributed by atoms with Crippen LogP contribution in [0, 0.1) is 6.92 Å². The molecule has 2 rings (SSSR count). The Bertz CT molecular complexity index is 534. The molecule has 1 aliphatic heterocycles. The summed E-state index contributed by atoms with van der Waals surface area (Å²) in [5, 5.41) is 11.6. The molecule has 8 nitrogen and oxygen atoms in total. The molecule has 0 saturated carbocycles. The number of hydrogen-bond acceptors (Lipinski definition) is 5. The van der Waals surface area contributed by atoms with Crippen molar-refractivity contribution >= 4 is 17.9 Å². The Morgan fingerprint density at radius 2 is 2.25 bits per heavy atom. The van der Waals surface area contributed by atoms with Crippen LogP contribution in [0.4, 0.5) is 10.7 Å². The van der Waals surface area contributed by atoms with E-state index >= 15 is 0 Å². The molecule has 0 aliphatic carbocycles. The zero-order chi connectivity index (χ0) is 14.7. The van der Waals surface area contributed by atoms with Gasteiger partial charge in [-0.05, 0) is 19.8 Å². The van der Waals surface area contributed by atoms with Gasteiger partial charge in [-0.25, -0.2) is 14.6 Å². The van der Waals surface area contributed by atoms with Crippen LogP contribution in [0.15, 0.2) is 6.07 Å². The number of nitrogens with one attached hydrogen (secondary N) is 1. The third-order valence-electron chi connectivity index (χ3n) is 3.06. The van der Waals surface area contributed by atoms with Crippen molar-refractivity contribution in [1.29, 1.82) is 0 Å². The molecule has 0 aromatic carbocycles. The number of aryl methyl sites for hydroxylation is 1. The van der Waals surface area contributed by atoms with Gasteiger partial charge in [0.25, 0.3) is 0 Å². The highest BCUT2D eigenvalue weighted by Gasteiger charge is 2.34. The van der Waals surface area contributed by atoms with Gasteiger partial charge in [0, 0.05) is 18.3 Å². The second kappa shape index (κ2) is 5.72. The van der Waals surface area contributed by atoms with Crippen molar-refractivity contribution < 1.29 is 19.4 Å². The van der Waals surface area contributed by atoms with Crippen molar-refractivity contribution in [3.63, 3.8) is 0 Å². The molecule has 0 radical (unpaired) electrons. The number of likely N-dealkylation sites (tertiary alicyclic amines) is 1. The lowest BCUT2D eigenvalue weighted by Gasteiger charge is -2.21. The molecule has 1 aromatic rings. The number of aromatic nitrogens is 2. The van der Waals surface area contributed by atoms with Gasteiger partial charge in [-0.15, -0.1) is 0 Å². The Morgan fingerprint density at radius 3 is 2.90 bits per heavy atom. The fraction of sp³-hybridized carbons (Fsp3) is 0.500. The van der Waals surface area contributed by atoms with Crippen LogP contribution in [0.1, 0.15) is 18.5 Å². The van der Waals surface area contributed by atoms with E-state index in [1.165, 1.54) is 12.0 Å². The van der Waals surface area contributed by atoms with Crippen LogP contribution in [-0.2, 0) is 4.79 Å². The predicted molar refractivity (Wildman–Crippen MR) is 69.7 cm³/mol. The second-order valence-electron chi connectivity index (χ2n) is 4.50. The number of ether oxygens (including phenoxy) is 1. The quantitative estimate of drug-likeness (QED) is 0.851. The van der Waals surface area contributed by atoms with Gasteiger partial charge < -0.3 is 14.7 Å². The summed E-state index contributed by atoms with van der Waals surface area (Å²) >= 11 is 0. The van der Waals surface area contributed by atoms with Gasteiger partial charge in [0.1, 0.15) is 6.04 Å². The Kier molecular flexibility index (Phi) is 4.02. The second-order valence-corrected chi connectivity index (χ2v) is 4.50. The van der Waals surface area contributed by atoms with Crippen molar-refractivity contribution in [2.45, 2.75) is 25.8 Å². The smallest absolute Gasteiger partial charge is 0.326 e. The maximum atomic E-state index is 12.1. The first kappa shape index (κ1) is 14.0. The highest BCUT2D eigenvalue weighted by atomic mass is 16.5. The lowest BCUT2D eigenvalue weighted by molar-refractivity contribution is -0.141. The first-order valence-corrected chi connectivity index (χ1v) is 6.21. The minimum absolute atomic E-state index is 0.0999. The molecule has 8 heteroatoms. The van der Waals surface area contributed by atoms with Crippen molar-refractivity contribution in [3.8, 4) is 5.88 Å². The summed E-state index contributed by atoms with van der Waals surface area (Å²) in [5.74, 6) is -0.563. The molecule has 2 amide bonds. The van der Waals surface area contributed by atoms with Crippen molar-refractivity contribution in [2.75, 3.05) is 19.0 Å². The van der Waals surface area contributed by atoms with Crippen LogP contribution in [0.2, 0.25) is 0 Å². The van der Waals surface area contributed by atoms with Crippen LogP contribution < -0.4 is 10.1 Å². The summed E-state index contributed by atoms with van der Waals surface area (Å²) in [5.41, 5.74) is 0.642. The molecule has 1 fully saturated rings. The number of aliphatic carboxylic acids is 1. The van der Waals surface area contributed by atoms with E-state index < -0.39 is 18.0 Å². The van der Waals surface area contributed by atoms with Gasteiger partial charge in [0.2, 0.25) is 11.8 Å². The average molecular weight is 280 g/mol. The van der Waals surface area contributed by atoms with E-state index in [0.29, 0.717) is 31.0 Å². The monoisotopic (exact) mass is 280 g/mol. The third-order valence-corrected chi connectivity index (χ3v) is 3.06. The van der Waals surface area contributed by atoms with E-state index in [1.54, 1.807) is 13.0 Å². The van der Waals surface area contributed by atoms with Crippen LogP contribution in [0.25, 0.3) is 0 Å². The molecular formula is C12H16N4O4. The molecule has 0 bridgehead atoms. The Balaban J connectivity index is 2.11. The Hall–Kier alpha value is -2.38. The summed E-state index contributed by atoms with van der Waals surface area (Å²) in [6, 6.07) is 0.329. The summed E-state index contributed by atoms with van der Waals surface area (Å²) in [6.45, 7) is 2.15. The van der Waals surface area contributed by atoms with Crippen LogP contribution in [0.5, 0.6) is 5.88 Å². The van der Waals surface area contributed by atoms with Gasteiger partial charge in [0.05, 0.1) is 7.11 Å². The molecule has 0 spiro atoms. The fourth-order valence-electron chi connectivity index (χ4n) is 2.13. The van der Waals surface area contributed by atoms with Crippen molar-refractivity contribution in [3.05, 3.63) is 11.8 Å². The summed E-state index contributed by atoms with van der Waals surface area (Å²) in [6.07, 6.45) is 1.13. The number of carboxylic acid groups (broad SMARTS) is 1. The molecule has 1 aliphatic rings. The molecule has 1 unspecified atom stereocenters. The molecule has 2 N–H and O–H groups in total. The number of rotatable bonds is 3. The molecule has 1 aromatic heterocycles. The topological polar surface area (TPSA) is 105 Å². The van der Waals surface area contributed by atoms with Gasteiger partial charge in [-0.1, -0.05) is 0 Å². The largest absolute Gasteiger partial charge is 0.481 e. The summed E-state index contributed by atoms with van der Waals surface area (Å²) in [7, 11) is 1.47. The zero-order valence-electron chi connectivity index (χ0n) is 11.3. The zero-order valence-corrected chi connectivity index (χ0v) is 11.3. The highest BCUT2D eigenvalue weighted by molar-refractivity contribution is 5.91. The molecule has 108 valence electrons. The molecule has 1 atom stereocenters. The molecule has 20 heavy (non-hydrogen) atoms. The van der Waals surface area contributed by atoms with Crippen molar-refractivity contribution in [2.24, 2.45) is 0 Å². The van der Waals surface area contributed by atoms with E-state index in [0.717, 1.165) is 0 Å². The third kappa shape index (κ3) is 2.95. The highest BCUT2D eigenvalue weighted by Crippen LogP contribution is 2.19. The van der Waals surface area contributed by atoms with Crippen molar-refractivity contribution in [1.82, 2.24) is 14.9 Å². The normalized spacial score (nSPS) is 17.9. The number of urea groups is 1.